The average Bonchev–Trinajstić information content (AvgIpc) is 2.57. The van der Waals surface area contributed by atoms with Crippen LogP contribution in [0.15, 0.2) is 61.3 Å². The first kappa shape index (κ1) is 16.7. The summed E-state index contributed by atoms with van der Waals surface area (Å²) in [6.45, 7) is 5.69. The molecule has 0 aliphatic rings. The first-order chi connectivity index (χ1) is 11.2. The van der Waals surface area contributed by atoms with E-state index in [-0.39, 0.29) is 0 Å². The molecule has 0 radical (unpaired) electrons. The Morgan fingerprint density at radius 1 is 1.22 bits per heavy atom. The highest BCUT2D eigenvalue weighted by atomic mass is 16.6. The van der Waals surface area contributed by atoms with E-state index in [4.69, 9.17) is 14.2 Å². The number of rotatable bonds is 8. The van der Waals surface area contributed by atoms with Crippen LogP contribution in [-0.4, -0.2) is 23.7 Å². The summed E-state index contributed by atoms with van der Waals surface area (Å²) in [5, 5.41) is 0. The minimum absolute atomic E-state index is 0.433. The predicted octanol–water partition coefficient (Wildman–Crippen LogP) is 3.76. The fourth-order valence-electron chi connectivity index (χ4n) is 1.70. The van der Waals surface area contributed by atoms with Crippen molar-refractivity contribution >= 4 is 5.97 Å². The van der Waals surface area contributed by atoms with Crippen LogP contribution >= 0.6 is 0 Å². The Morgan fingerprint density at radius 2 is 1.96 bits per heavy atom. The summed E-state index contributed by atoms with van der Waals surface area (Å²) < 4.78 is 16.2. The second-order valence-electron chi connectivity index (χ2n) is 4.75. The molecule has 1 unspecified atom stereocenters. The van der Waals surface area contributed by atoms with Gasteiger partial charge in [0.2, 0.25) is 5.88 Å². The Balaban J connectivity index is 1.87. The zero-order valence-electron chi connectivity index (χ0n) is 13.0. The Kier molecular flexibility index (Phi) is 6.32. The number of esters is 1. The Bertz CT molecular complexity index is 625. The molecule has 120 valence electrons. The van der Waals surface area contributed by atoms with Crippen LogP contribution in [0.4, 0.5) is 0 Å². The summed E-state index contributed by atoms with van der Waals surface area (Å²) in [5.41, 5.74) is 0. The van der Waals surface area contributed by atoms with Gasteiger partial charge in [0.05, 0.1) is 6.61 Å². The molecule has 0 saturated heterocycles. The lowest BCUT2D eigenvalue weighted by molar-refractivity contribution is -0.146. The summed E-state index contributed by atoms with van der Waals surface area (Å²) in [5.74, 6) is 1.11. The lowest BCUT2D eigenvalue weighted by atomic mass is 10.3. The molecule has 5 heteroatoms. The first-order valence-corrected chi connectivity index (χ1v) is 7.32. The number of ether oxygens (including phenoxy) is 3. The van der Waals surface area contributed by atoms with Gasteiger partial charge in [0.1, 0.15) is 11.5 Å². The van der Waals surface area contributed by atoms with Gasteiger partial charge in [0.25, 0.3) is 0 Å². The van der Waals surface area contributed by atoms with Crippen molar-refractivity contribution in [1.29, 1.82) is 0 Å². The van der Waals surface area contributed by atoms with Gasteiger partial charge in [-0.1, -0.05) is 12.1 Å². The highest BCUT2D eigenvalue weighted by Crippen LogP contribution is 2.22. The van der Waals surface area contributed by atoms with E-state index in [2.05, 4.69) is 11.6 Å². The minimum Gasteiger partial charge on any atom is -0.439 e. The number of benzene rings is 1. The number of nitrogens with zero attached hydrogens (tertiary/aromatic N) is 1. The Labute approximate surface area is 135 Å². The predicted molar refractivity (Wildman–Crippen MR) is 86.6 cm³/mol. The SMILES string of the molecule is C=CCCOC(C)C(=O)Oc1ccc(Oc2ccccn2)cc1. The summed E-state index contributed by atoms with van der Waals surface area (Å²) in [7, 11) is 0. The highest BCUT2D eigenvalue weighted by molar-refractivity contribution is 5.76. The normalized spacial score (nSPS) is 11.5. The van der Waals surface area contributed by atoms with Gasteiger partial charge in [-0.2, -0.15) is 0 Å². The van der Waals surface area contributed by atoms with Crippen LogP contribution in [0.2, 0.25) is 0 Å². The molecule has 2 rings (SSSR count). The lowest BCUT2D eigenvalue weighted by Gasteiger charge is -2.12. The third-order valence-electron chi connectivity index (χ3n) is 2.92. The van der Waals surface area contributed by atoms with Gasteiger partial charge < -0.3 is 14.2 Å². The molecule has 5 nitrogen and oxygen atoms in total. The molecule has 1 atom stereocenters. The minimum atomic E-state index is -0.626. The van der Waals surface area contributed by atoms with Crippen molar-refractivity contribution in [2.75, 3.05) is 6.61 Å². The van der Waals surface area contributed by atoms with Gasteiger partial charge in [0, 0.05) is 12.3 Å². The van der Waals surface area contributed by atoms with E-state index in [9.17, 15) is 4.79 Å². The maximum absolute atomic E-state index is 11.9. The molecule has 1 aromatic heterocycles. The zero-order chi connectivity index (χ0) is 16.5. The fraction of sp³-hybridized carbons (Fsp3) is 0.222. The van der Waals surface area contributed by atoms with Crippen molar-refractivity contribution in [1.82, 2.24) is 4.98 Å². The molecule has 0 saturated carbocycles. The molecule has 0 bridgehead atoms. The van der Waals surface area contributed by atoms with Crippen molar-refractivity contribution in [3.05, 3.63) is 61.3 Å². The quantitative estimate of drug-likeness (QED) is 0.321. The van der Waals surface area contributed by atoms with E-state index >= 15 is 0 Å². The van der Waals surface area contributed by atoms with E-state index in [0.29, 0.717) is 30.4 Å². The van der Waals surface area contributed by atoms with Crippen molar-refractivity contribution in [3.63, 3.8) is 0 Å². The number of carbonyl (C=O) groups is 1. The largest absolute Gasteiger partial charge is 0.439 e. The molecule has 1 heterocycles. The van der Waals surface area contributed by atoms with Crippen molar-refractivity contribution < 1.29 is 19.0 Å². The molecule has 0 aliphatic carbocycles. The summed E-state index contributed by atoms with van der Waals surface area (Å²) in [4.78, 5) is 15.9. The van der Waals surface area contributed by atoms with Gasteiger partial charge in [0.15, 0.2) is 6.10 Å². The van der Waals surface area contributed by atoms with Crippen LogP contribution in [0.5, 0.6) is 17.4 Å². The van der Waals surface area contributed by atoms with Gasteiger partial charge in [-0.15, -0.1) is 6.58 Å². The van der Waals surface area contributed by atoms with Crippen LogP contribution in [-0.2, 0) is 9.53 Å². The molecule has 0 spiro atoms. The molecule has 0 amide bonds. The van der Waals surface area contributed by atoms with E-state index in [1.165, 1.54) is 0 Å². The topological polar surface area (TPSA) is 57.7 Å². The van der Waals surface area contributed by atoms with Crippen LogP contribution in [0.25, 0.3) is 0 Å². The van der Waals surface area contributed by atoms with Crippen LogP contribution in [0, 0.1) is 0 Å². The number of pyridine rings is 1. The number of hydrogen-bond acceptors (Lipinski definition) is 5. The third-order valence-corrected chi connectivity index (χ3v) is 2.92. The second kappa shape index (κ2) is 8.70. The van der Waals surface area contributed by atoms with Gasteiger partial charge in [-0.05, 0) is 43.7 Å². The summed E-state index contributed by atoms with van der Waals surface area (Å²) in [6, 6.07) is 12.1. The van der Waals surface area contributed by atoms with Gasteiger partial charge in [-0.3, -0.25) is 0 Å². The molecule has 0 aliphatic heterocycles. The van der Waals surface area contributed by atoms with Gasteiger partial charge in [-0.25, -0.2) is 9.78 Å². The molecule has 0 N–H and O–H groups in total. The Hall–Kier alpha value is -2.66. The summed E-state index contributed by atoms with van der Waals surface area (Å²) in [6.07, 6.45) is 3.45. The lowest BCUT2D eigenvalue weighted by Crippen LogP contribution is -2.26. The fourth-order valence-corrected chi connectivity index (χ4v) is 1.70. The molecule has 0 fully saturated rings. The van der Waals surface area contributed by atoms with E-state index in [0.717, 1.165) is 0 Å². The Morgan fingerprint density at radius 3 is 2.61 bits per heavy atom. The molecular formula is C18H19NO4. The van der Waals surface area contributed by atoms with Crippen LogP contribution in [0.1, 0.15) is 13.3 Å². The second-order valence-corrected chi connectivity index (χ2v) is 4.75. The van der Waals surface area contributed by atoms with E-state index < -0.39 is 12.1 Å². The average molecular weight is 313 g/mol. The van der Waals surface area contributed by atoms with Crippen molar-refractivity contribution in [2.24, 2.45) is 0 Å². The monoisotopic (exact) mass is 313 g/mol. The van der Waals surface area contributed by atoms with Crippen molar-refractivity contribution in [3.8, 4) is 17.4 Å². The smallest absolute Gasteiger partial charge is 0.340 e. The van der Waals surface area contributed by atoms with Crippen molar-refractivity contribution in [2.45, 2.75) is 19.4 Å². The molecule has 23 heavy (non-hydrogen) atoms. The maximum atomic E-state index is 11.9. The highest BCUT2D eigenvalue weighted by Gasteiger charge is 2.15. The standard InChI is InChI=1S/C18H19NO4/c1-3-4-13-21-14(2)18(20)23-16-10-8-15(9-11-16)22-17-7-5-6-12-19-17/h3,5-12,14H,1,4,13H2,2H3. The molecule has 1 aromatic carbocycles. The van der Waals surface area contributed by atoms with Crippen LogP contribution in [0.3, 0.4) is 0 Å². The number of hydrogen-bond donors (Lipinski definition) is 0. The first-order valence-electron chi connectivity index (χ1n) is 7.32. The number of carbonyl (C=O) groups excluding carboxylic acids is 1. The maximum Gasteiger partial charge on any atom is 0.340 e. The number of aromatic nitrogens is 1. The zero-order valence-corrected chi connectivity index (χ0v) is 13.0. The van der Waals surface area contributed by atoms with Gasteiger partial charge >= 0.3 is 5.97 Å². The summed E-state index contributed by atoms with van der Waals surface area (Å²) >= 11 is 0. The third kappa shape index (κ3) is 5.56. The van der Waals surface area contributed by atoms with Crippen LogP contribution < -0.4 is 9.47 Å². The molecule has 2 aromatic rings. The van der Waals surface area contributed by atoms with E-state index in [1.54, 1.807) is 49.5 Å². The van der Waals surface area contributed by atoms with E-state index in [1.807, 2.05) is 12.1 Å². The molecular weight excluding hydrogens is 294 g/mol.